The van der Waals surface area contributed by atoms with Crippen LogP contribution in [0.3, 0.4) is 0 Å². The van der Waals surface area contributed by atoms with Crippen LogP contribution in [0.4, 0.5) is 0 Å². The first-order chi connectivity index (χ1) is 10.2. The van der Waals surface area contributed by atoms with Gasteiger partial charge in [-0.05, 0) is 50.8 Å². The average molecular weight is 290 g/mol. The van der Waals surface area contributed by atoms with E-state index in [0.29, 0.717) is 17.7 Å². The fraction of sp³-hybridized carbons (Fsp3) is 0.750. The minimum atomic E-state index is 0.352. The monoisotopic (exact) mass is 290 g/mol. The quantitative estimate of drug-likeness (QED) is 0.914. The number of nitrogens with zero attached hydrogens (tertiary/aromatic N) is 3. The molecule has 0 radical (unpaired) electrons. The zero-order valence-electron chi connectivity index (χ0n) is 12.9. The molecule has 2 aliphatic rings. The SMILES string of the molecule is Cn1nccc1C1CCN(C(=O)CCC2CCNC2)CC1. The Labute approximate surface area is 126 Å². The smallest absolute Gasteiger partial charge is 0.222 e. The van der Waals surface area contributed by atoms with Gasteiger partial charge in [0.25, 0.3) is 0 Å². The third kappa shape index (κ3) is 3.46. The summed E-state index contributed by atoms with van der Waals surface area (Å²) in [4.78, 5) is 14.4. The van der Waals surface area contributed by atoms with E-state index in [1.165, 1.54) is 12.1 Å². The van der Waals surface area contributed by atoms with Crippen molar-refractivity contribution in [2.75, 3.05) is 26.2 Å². The van der Waals surface area contributed by atoms with Gasteiger partial charge in [-0.3, -0.25) is 9.48 Å². The predicted molar refractivity (Wildman–Crippen MR) is 82.0 cm³/mol. The molecule has 1 atom stereocenters. The first-order valence-corrected chi connectivity index (χ1v) is 8.20. The molecule has 0 aliphatic carbocycles. The molecule has 0 saturated carbocycles. The first kappa shape index (κ1) is 14.6. The van der Waals surface area contributed by atoms with E-state index < -0.39 is 0 Å². The molecule has 1 unspecified atom stereocenters. The molecule has 0 bridgehead atoms. The van der Waals surface area contributed by atoms with E-state index in [4.69, 9.17) is 0 Å². The van der Waals surface area contributed by atoms with Crippen molar-refractivity contribution in [1.29, 1.82) is 0 Å². The standard InChI is InChI=1S/C16H26N4O/c1-19-15(5-9-18-19)14-6-10-20(11-7-14)16(21)3-2-13-4-8-17-12-13/h5,9,13-14,17H,2-4,6-8,10-12H2,1H3. The van der Waals surface area contributed by atoms with Crippen molar-refractivity contribution in [2.45, 2.75) is 38.0 Å². The van der Waals surface area contributed by atoms with Crippen LogP contribution in [0.15, 0.2) is 12.3 Å². The Morgan fingerprint density at radius 2 is 2.19 bits per heavy atom. The normalized spacial score (nSPS) is 23.7. The third-order valence-corrected chi connectivity index (χ3v) is 5.05. The molecule has 2 fully saturated rings. The van der Waals surface area contributed by atoms with E-state index in [9.17, 15) is 4.79 Å². The van der Waals surface area contributed by atoms with Crippen LogP contribution >= 0.6 is 0 Å². The number of aryl methyl sites for hydroxylation is 1. The van der Waals surface area contributed by atoms with Gasteiger partial charge in [-0.2, -0.15) is 5.10 Å². The number of carbonyl (C=O) groups excluding carboxylic acids is 1. The lowest BCUT2D eigenvalue weighted by atomic mass is 9.93. The molecule has 5 heteroatoms. The number of hydrogen-bond acceptors (Lipinski definition) is 3. The van der Waals surface area contributed by atoms with Gasteiger partial charge in [0.1, 0.15) is 0 Å². The highest BCUT2D eigenvalue weighted by atomic mass is 16.2. The number of rotatable bonds is 4. The van der Waals surface area contributed by atoms with Gasteiger partial charge in [0.05, 0.1) is 0 Å². The second-order valence-corrected chi connectivity index (χ2v) is 6.43. The van der Waals surface area contributed by atoms with Crippen LogP contribution in [0.2, 0.25) is 0 Å². The predicted octanol–water partition coefficient (Wildman–Crippen LogP) is 1.52. The molecule has 3 rings (SSSR count). The van der Waals surface area contributed by atoms with Crippen LogP contribution in [-0.4, -0.2) is 46.8 Å². The fourth-order valence-electron chi connectivity index (χ4n) is 3.66. The molecule has 2 aliphatic heterocycles. The largest absolute Gasteiger partial charge is 0.343 e. The third-order valence-electron chi connectivity index (χ3n) is 5.05. The van der Waals surface area contributed by atoms with Crippen LogP contribution in [-0.2, 0) is 11.8 Å². The highest BCUT2D eigenvalue weighted by Crippen LogP contribution is 2.28. The van der Waals surface area contributed by atoms with Crippen molar-refractivity contribution >= 4 is 5.91 Å². The van der Waals surface area contributed by atoms with Crippen molar-refractivity contribution < 1.29 is 4.79 Å². The van der Waals surface area contributed by atoms with E-state index in [0.717, 1.165) is 51.9 Å². The molecule has 0 spiro atoms. The van der Waals surface area contributed by atoms with Gasteiger partial charge in [-0.15, -0.1) is 0 Å². The molecule has 5 nitrogen and oxygen atoms in total. The second-order valence-electron chi connectivity index (χ2n) is 6.43. The summed E-state index contributed by atoms with van der Waals surface area (Å²) < 4.78 is 1.97. The number of piperidine rings is 1. The van der Waals surface area contributed by atoms with Gasteiger partial charge < -0.3 is 10.2 Å². The van der Waals surface area contributed by atoms with Crippen LogP contribution in [0.25, 0.3) is 0 Å². The summed E-state index contributed by atoms with van der Waals surface area (Å²) in [5.41, 5.74) is 1.30. The summed E-state index contributed by atoms with van der Waals surface area (Å²) in [6.45, 7) is 4.01. The summed E-state index contributed by atoms with van der Waals surface area (Å²) in [5.74, 6) is 1.62. The topological polar surface area (TPSA) is 50.2 Å². The molecule has 1 amide bonds. The lowest BCUT2D eigenvalue weighted by molar-refractivity contribution is -0.132. The van der Waals surface area contributed by atoms with Gasteiger partial charge in [0.15, 0.2) is 0 Å². The Kier molecular flexibility index (Phi) is 4.58. The number of aromatic nitrogens is 2. The number of nitrogens with one attached hydrogen (secondary N) is 1. The van der Waals surface area contributed by atoms with Gasteiger partial charge >= 0.3 is 0 Å². The zero-order chi connectivity index (χ0) is 14.7. The van der Waals surface area contributed by atoms with Crippen molar-refractivity contribution in [1.82, 2.24) is 20.0 Å². The Morgan fingerprint density at radius 3 is 2.81 bits per heavy atom. The minimum absolute atomic E-state index is 0.352. The van der Waals surface area contributed by atoms with E-state index in [2.05, 4.69) is 21.4 Å². The number of likely N-dealkylation sites (tertiary alicyclic amines) is 1. The lowest BCUT2D eigenvalue weighted by Gasteiger charge is -2.32. The van der Waals surface area contributed by atoms with Gasteiger partial charge in [0.2, 0.25) is 5.91 Å². The summed E-state index contributed by atoms with van der Waals surface area (Å²) >= 11 is 0. The Balaban J connectivity index is 1.44. The lowest BCUT2D eigenvalue weighted by Crippen LogP contribution is -2.38. The van der Waals surface area contributed by atoms with Gasteiger partial charge in [0, 0.05) is 44.4 Å². The Bertz CT molecular complexity index is 470. The Morgan fingerprint density at radius 1 is 1.38 bits per heavy atom. The van der Waals surface area contributed by atoms with Crippen LogP contribution in [0.5, 0.6) is 0 Å². The molecule has 116 valence electrons. The molecular weight excluding hydrogens is 264 g/mol. The first-order valence-electron chi connectivity index (χ1n) is 8.20. The van der Waals surface area contributed by atoms with Gasteiger partial charge in [-0.1, -0.05) is 0 Å². The molecule has 21 heavy (non-hydrogen) atoms. The van der Waals surface area contributed by atoms with Crippen LogP contribution in [0, 0.1) is 5.92 Å². The average Bonchev–Trinajstić information content (AvgIpc) is 3.16. The maximum Gasteiger partial charge on any atom is 0.222 e. The van der Waals surface area contributed by atoms with E-state index in [1.54, 1.807) is 0 Å². The van der Waals surface area contributed by atoms with Crippen molar-refractivity contribution in [3.63, 3.8) is 0 Å². The van der Waals surface area contributed by atoms with E-state index >= 15 is 0 Å². The molecule has 2 saturated heterocycles. The molecule has 1 aromatic rings. The molecule has 1 aromatic heterocycles. The van der Waals surface area contributed by atoms with E-state index in [-0.39, 0.29) is 0 Å². The maximum absolute atomic E-state index is 12.3. The summed E-state index contributed by atoms with van der Waals surface area (Å²) in [7, 11) is 2.00. The molecule has 3 heterocycles. The number of carbonyl (C=O) groups is 1. The second kappa shape index (κ2) is 6.60. The summed E-state index contributed by atoms with van der Waals surface area (Å²) in [5, 5.41) is 7.62. The van der Waals surface area contributed by atoms with Crippen molar-refractivity contribution in [3.8, 4) is 0 Å². The van der Waals surface area contributed by atoms with Gasteiger partial charge in [-0.25, -0.2) is 0 Å². The Hall–Kier alpha value is -1.36. The zero-order valence-corrected chi connectivity index (χ0v) is 12.9. The summed E-state index contributed by atoms with van der Waals surface area (Å²) in [6.07, 6.45) is 7.00. The van der Waals surface area contributed by atoms with Crippen molar-refractivity contribution in [3.05, 3.63) is 18.0 Å². The maximum atomic E-state index is 12.3. The highest BCUT2D eigenvalue weighted by molar-refractivity contribution is 5.76. The number of hydrogen-bond donors (Lipinski definition) is 1. The molecule has 0 aromatic carbocycles. The minimum Gasteiger partial charge on any atom is -0.343 e. The van der Waals surface area contributed by atoms with E-state index in [1.807, 2.05) is 17.9 Å². The van der Waals surface area contributed by atoms with Crippen LogP contribution in [0.1, 0.15) is 43.7 Å². The molecular formula is C16H26N4O. The van der Waals surface area contributed by atoms with Crippen molar-refractivity contribution in [2.24, 2.45) is 13.0 Å². The summed E-state index contributed by atoms with van der Waals surface area (Å²) in [6, 6.07) is 2.11. The fourth-order valence-corrected chi connectivity index (χ4v) is 3.66. The number of amides is 1. The molecule has 1 N–H and O–H groups in total. The highest BCUT2D eigenvalue weighted by Gasteiger charge is 2.25. The van der Waals surface area contributed by atoms with Crippen LogP contribution < -0.4 is 5.32 Å².